The molecule has 1 aliphatic heterocycles. The van der Waals surface area contributed by atoms with E-state index in [0.717, 1.165) is 28.4 Å². The maximum atomic E-state index is 13.9. The Hall–Kier alpha value is -3.73. The van der Waals surface area contributed by atoms with E-state index >= 15 is 0 Å². The molecule has 37 heavy (non-hydrogen) atoms. The minimum Gasteiger partial charge on any atom is -0.383 e. The van der Waals surface area contributed by atoms with Crippen molar-refractivity contribution in [2.45, 2.75) is 38.4 Å². The number of carbonyl (C=O) groups excluding carboxylic acids is 2. The number of carbonyl (C=O) groups is 2. The molecule has 1 aromatic carbocycles. The van der Waals surface area contributed by atoms with Crippen LogP contribution in [-0.4, -0.2) is 62.4 Å². The molecule has 4 heterocycles. The highest BCUT2D eigenvalue weighted by Gasteiger charge is 2.64. The number of pyridine rings is 1. The summed E-state index contributed by atoms with van der Waals surface area (Å²) in [5, 5.41) is 4.50. The summed E-state index contributed by atoms with van der Waals surface area (Å²) < 4.78 is 2.51. The topological polar surface area (TPSA) is 122 Å². The number of rotatable bonds is 5. The van der Waals surface area contributed by atoms with Crippen LogP contribution in [0.2, 0.25) is 0 Å². The highest BCUT2D eigenvalue weighted by molar-refractivity contribution is 9.10. The number of nitrogen functional groups attached to an aromatic ring is 1. The number of anilines is 3. The number of piperidine rings is 1. The van der Waals surface area contributed by atoms with Crippen LogP contribution in [-0.2, 0) is 16.1 Å². The Morgan fingerprint density at radius 2 is 2.03 bits per heavy atom. The summed E-state index contributed by atoms with van der Waals surface area (Å²) in [5.74, 6) is 0.466. The summed E-state index contributed by atoms with van der Waals surface area (Å²) in [6, 6.07) is 10.8. The summed E-state index contributed by atoms with van der Waals surface area (Å²) in [5.41, 5.74) is 8.68. The number of fused-ring (bicyclic) bond motifs is 4. The monoisotopic (exact) mass is 562 g/mol. The summed E-state index contributed by atoms with van der Waals surface area (Å²) in [4.78, 5) is 44.0. The maximum absolute atomic E-state index is 13.9. The minimum absolute atomic E-state index is 0.0411. The Morgan fingerprint density at radius 1 is 1.22 bits per heavy atom. The molecule has 1 aliphatic carbocycles. The molecule has 2 aliphatic rings. The number of nitrogens with one attached hydrogen (secondary N) is 1. The number of halogens is 1. The van der Waals surface area contributed by atoms with E-state index in [0.29, 0.717) is 28.3 Å². The van der Waals surface area contributed by atoms with Crippen LogP contribution < -0.4 is 16.0 Å². The average Bonchev–Trinajstić information content (AvgIpc) is 3.26. The minimum atomic E-state index is -0.565. The van der Waals surface area contributed by atoms with Gasteiger partial charge in [0.1, 0.15) is 40.8 Å². The van der Waals surface area contributed by atoms with Crippen LogP contribution in [0, 0.1) is 5.41 Å². The molecule has 190 valence electrons. The molecule has 3 N–H and O–H groups in total. The molecule has 1 saturated carbocycles. The van der Waals surface area contributed by atoms with Crippen LogP contribution in [0.15, 0.2) is 47.3 Å². The first-order chi connectivity index (χ1) is 17.7. The van der Waals surface area contributed by atoms with Gasteiger partial charge in [0.2, 0.25) is 11.8 Å². The number of hydrogen-bond acceptors (Lipinski definition) is 7. The molecule has 4 aromatic rings. The molecule has 6 rings (SSSR count). The van der Waals surface area contributed by atoms with Gasteiger partial charge in [-0.15, -0.1) is 0 Å². The zero-order valence-electron chi connectivity index (χ0n) is 20.8. The van der Waals surface area contributed by atoms with Crippen molar-refractivity contribution in [3.05, 3.63) is 47.3 Å². The molecule has 3 aromatic heterocycles. The molecule has 10 nitrogen and oxygen atoms in total. The zero-order chi connectivity index (χ0) is 26.1. The van der Waals surface area contributed by atoms with Crippen molar-refractivity contribution >= 4 is 67.0 Å². The molecule has 3 atom stereocenters. The van der Waals surface area contributed by atoms with E-state index in [1.807, 2.05) is 41.8 Å². The van der Waals surface area contributed by atoms with Gasteiger partial charge in [-0.25, -0.2) is 15.0 Å². The molecular weight excluding hydrogens is 536 g/mol. The third kappa shape index (κ3) is 3.88. The van der Waals surface area contributed by atoms with Crippen molar-refractivity contribution in [3.63, 3.8) is 0 Å². The first-order valence-electron chi connectivity index (χ1n) is 12.1. The van der Waals surface area contributed by atoms with Gasteiger partial charge in [-0.1, -0.05) is 13.0 Å². The van der Waals surface area contributed by atoms with Gasteiger partial charge in [0.05, 0.1) is 10.9 Å². The molecule has 0 radical (unpaired) electrons. The van der Waals surface area contributed by atoms with E-state index in [1.165, 1.54) is 6.33 Å². The van der Waals surface area contributed by atoms with E-state index in [4.69, 9.17) is 5.73 Å². The number of likely N-dealkylation sites (tertiary alicyclic amines) is 1. The quantitative estimate of drug-likeness (QED) is 0.357. The van der Waals surface area contributed by atoms with Crippen LogP contribution in [0.5, 0.6) is 0 Å². The molecule has 0 spiro atoms. The van der Waals surface area contributed by atoms with E-state index in [1.54, 1.807) is 23.1 Å². The molecule has 11 heteroatoms. The molecule has 2 amide bonds. The lowest BCUT2D eigenvalue weighted by atomic mass is 10.0. The largest absolute Gasteiger partial charge is 0.383 e. The van der Waals surface area contributed by atoms with Crippen LogP contribution in [0.25, 0.3) is 21.9 Å². The Labute approximate surface area is 222 Å². The highest BCUT2D eigenvalue weighted by atomic mass is 79.9. The summed E-state index contributed by atoms with van der Waals surface area (Å²) in [6.45, 7) is 2.18. The Bertz CT molecular complexity index is 1580. The van der Waals surface area contributed by atoms with Gasteiger partial charge in [0.15, 0.2) is 0 Å². The van der Waals surface area contributed by atoms with E-state index in [2.05, 4.69) is 43.1 Å². The second-order valence-electron chi connectivity index (χ2n) is 10.4. The van der Waals surface area contributed by atoms with Gasteiger partial charge in [-0.2, -0.15) is 0 Å². The molecule has 2 fully saturated rings. The predicted octanol–water partition coefficient (Wildman–Crippen LogP) is 3.41. The second kappa shape index (κ2) is 8.41. The number of nitrogens with zero attached hydrogens (tertiary/aromatic N) is 6. The summed E-state index contributed by atoms with van der Waals surface area (Å²) in [6.07, 6.45) is 2.93. The Morgan fingerprint density at radius 3 is 2.78 bits per heavy atom. The van der Waals surface area contributed by atoms with Crippen molar-refractivity contribution < 1.29 is 9.59 Å². The van der Waals surface area contributed by atoms with Gasteiger partial charge < -0.3 is 25.4 Å². The first-order valence-corrected chi connectivity index (χ1v) is 12.9. The molecule has 0 unspecified atom stereocenters. The van der Waals surface area contributed by atoms with Crippen LogP contribution in [0.4, 0.5) is 17.3 Å². The lowest BCUT2D eigenvalue weighted by Gasteiger charge is -2.27. The second-order valence-corrected chi connectivity index (χ2v) is 11.2. The van der Waals surface area contributed by atoms with Crippen molar-refractivity contribution in [2.24, 2.45) is 5.41 Å². The van der Waals surface area contributed by atoms with E-state index in [9.17, 15) is 9.59 Å². The van der Waals surface area contributed by atoms with Crippen molar-refractivity contribution in [1.29, 1.82) is 0 Å². The standard InChI is InChI=1S/C26H27BrN8O2/c1-26-10-17(25(37)32-20-6-4-5-19(27)31-20)35(18(26)11-26)21(36)12-34-16-8-7-14(33(2)3)9-15(16)22-23(28)29-13-30-24(22)34/h4-9,13,17-18H,10-12H2,1-3H3,(H2,28,29,30)(H,31,32,37)/t17-,18+,26-/m0/s1. The molecule has 1 saturated heterocycles. The van der Waals surface area contributed by atoms with Crippen molar-refractivity contribution in [2.75, 3.05) is 30.0 Å². The number of aromatic nitrogens is 4. The number of nitrogens with two attached hydrogens (primary N) is 1. The van der Waals surface area contributed by atoms with E-state index < -0.39 is 6.04 Å². The third-order valence-corrected chi connectivity index (χ3v) is 8.10. The first kappa shape index (κ1) is 23.7. The summed E-state index contributed by atoms with van der Waals surface area (Å²) >= 11 is 3.33. The lowest BCUT2D eigenvalue weighted by molar-refractivity contribution is -0.138. The fourth-order valence-corrected chi connectivity index (χ4v) is 5.97. The third-order valence-electron chi connectivity index (χ3n) is 7.65. The predicted molar refractivity (Wildman–Crippen MR) is 146 cm³/mol. The number of hydrogen-bond donors (Lipinski definition) is 2. The van der Waals surface area contributed by atoms with Gasteiger partial charge in [-0.3, -0.25) is 9.59 Å². The lowest BCUT2D eigenvalue weighted by Crippen LogP contribution is -2.46. The smallest absolute Gasteiger partial charge is 0.248 e. The molecule has 0 bridgehead atoms. The summed E-state index contributed by atoms with van der Waals surface area (Å²) in [7, 11) is 3.94. The van der Waals surface area contributed by atoms with Crippen LogP contribution in [0.1, 0.15) is 19.8 Å². The normalized spacial score (nSPS) is 22.3. The van der Waals surface area contributed by atoms with Gasteiger partial charge in [0.25, 0.3) is 0 Å². The SMILES string of the molecule is CN(C)c1ccc2c(c1)c1c(N)ncnc1n2CC(=O)N1[C@H](C(=O)Nc2cccc(Br)n2)C[C@@]2(C)C[C@@H]12. The zero-order valence-corrected chi connectivity index (χ0v) is 22.4. The Kier molecular flexibility index (Phi) is 5.37. The maximum Gasteiger partial charge on any atom is 0.248 e. The fourth-order valence-electron chi connectivity index (χ4n) is 5.63. The average molecular weight is 563 g/mol. The fraction of sp³-hybridized carbons (Fsp3) is 0.346. The highest BCUT2D eigenvalue weighted by Crippen LogP contribution is 2.59. The van der Waals surface area contributed by atoms with Gasteiger partial charge in [0, 0.05) is 31.2 Å². The van der Waals surface area contributed by atoms with E-state index in [-0.39, 0.29) is 29.8 Å². The molecular formula is C26H27BrN8O2. The number of amides is 2. The van der Waals surface area contributed by atoms with Gasteiger partial charge in [-0.05, 0) is 64.5 Å². The van der Waals surface area contributed by atoms with Gasteiger partial charge >= 0.3 is 0 Å². The van der Waals surface area contributed by atoms with Crippen molar-refractivity contribution in [1.82, 2.24) is 24.4 Å². The van der Waals surface area contributed by atoms with Crippen molar-refractivity contribution in [3.8, 4) is 0 Å². The Balaban J connectivity index is 1.35. The van der Waals surface area contributed by atoms with Crippen LogP contribution >= 0.6 is 15.9 Å². The number of benzene rings is 1. The van der Waals surface area contributed by atoms with Crippen LogP contribution in [0.3, 0.4) is 0 Å².